The maximum atomic E-state index is 5.27. The van der Waals surface area contributed by atoms with E-state index in [-0.39, 0.29) is 0 Å². The van der Waals surface area contributed by atoms with Crippen molar-refractivity contribution in [2.24, 2.45) is 5.92 Å². The predicted molar refractivity (Wildman–Crippen MR) is 76.8 cm³/mol. The van der Waals surface area contributed by atoms with E-state index >= 15 is 0 Å². The van der Waals surface area contributed by atoms with Crippen molar-refractivity contribution in [2.75, 3.05) is 12.4 Å². The van der Waals surface area contributed by atoms with Gasteiger partial charge in [0.05, 0.1) is 6.61 Å². The third kappa shape index (κ3) is 3.26. The number of hydrogen-bond donors (Lipinski definition) is 1. The first-order valence-corrected chi connectivity index (χ1v) is 7.18. The molecular formula is C16H25NO. The minimum Gasteiger partial charge on any atom is -0.382 e. The molecule has 1 N–H and O–H groups in total. The molecule has 0 aromatic heterocycles. The summed E-state index contributed by atoms with van der Waals surface area (Å²) in [6.07, 6.45) is 6.72. The van der Waals surface area contributed by atoms with Crippen LogP contribution >= 0.6 is 0 Å². The SMILES string of the molecule is CCC1CCCCC1Nc1ccccc1COC. The molecule has 1 fully saturated rings. The van der Waals surface area contributed by atoms with Crippen LogP contribution in [-0.4, -0.2) is 13.2 Å². The quantitative estimate of drug-likeness (QED) is 0.841. The molecule has 1 aromatic rings. The van der Waals surface area contributed by atoms with Gasteiger partial charge in [-0.25, -0.2) is 0 Å². The van der Waals surface area contributed by atoms with Crippen molar-refractivity contribution < 1.29 is 4.74 Å². The molecule has 1 aliphatic carbocycles. The van der Waals surface area contributed by atoms with Gasteiger partial charge in [0.15, 0.2) is 0 Å². The molecule has 0 amide bonds. The first-order chi connectivity index (χ1) is 8.85. The van der Waals surface area contributed by atoms with Crippen molar-refractivity contribution in [3.05, 3.63) is 29.8 Å². The molecular weight excluding hydrogens is 222 g/mol. The van der Waals surface area contributed by atoms with Crippen LogP contribution in [0.1, 0.15) is 44.6 Å². The van der Waals surface area contributed by atoms with Crippen molar-refractivity contribution in [3.8, 4) is 0 Å². The number of methoxy groups -OCH3 is 1. The normalized spacial score (nSPS) is 23.9. The number of nitrogens with one attached hydrogen (secondary N) is 1. The first-order valence-electron chi connectivity index (χ1n) is 7.18. The summed E-state index contributed by atoms with van der Waals surface area (Å²) in [6, 6.07) is 9.15. The Hall–Kier alpha value is -1.02. The van der Waals surface area contributed by atoms with Crippen molar-refractivity contribution in [3.63, 3.8) is 0 Å². The van der Waals surface area contributed by atoms with Gasteiger partial charge in [0, 0.05) is 24.4 Å². The lowest BCUT2D eigenvalue weighted by Crippen LogP contribution is -2.32. The maximum Gasteiger partial charge on any atom is 0.0733 e. The topological polar surface area (TPSA) is 21.3 Å². The third-order valence-corrected chi connectivity index (χ3v) is 4.09. The molecule has 18 heavy (non-hydrogen) atoms. The monoisotopic (exact) mass is 247 g/mol. The predicted octanol–water partition coefficient (Wildman–Crippen LogP) is 4.21. The van der Waals surface area contributed by atoms with E-state index in [0.29, 0.717) is 12.6 Å². The van der Waals surface area contributed by atoms with Gasteiger partial charge in [0.1, 0.15) is 0 Å². The minimum atomic E-state index is 0.641. The highest BCUT2D eigenvalue weighted by molar-refractivity contribution is 5.51. The molecule has 0 aliphatic heterocycles. The summed E-state index contributed by atoms with van der Waals surface area (Å²) < 4.78 is 5.27. The Morgan fingerprint density at radius 2 is 2.00 bits per heavy atom. The Morgan fingerprint density at radius 1 is 1.22 bits per heavy atom. The van der Waals surface area contributed by atoms with Gasteiger partial charge in [0.2, 0.25) is 0 Å². The number of ether oxygens (including phenoxy) is 1. The fourth-order valence-corrected chi connectivity index (χ4v) is 3.03. The summed E-state index contributed by atoms with van der Waals surface area (Å²) in [6.45, 7) is 3.00. The smallest absolute Gasteiger partial charge is 0.0733 e. The summed E-state index contributed by atoms with van der Waals surface area (Å²) in [7, 11) is 1.76. The minimum absolute atomic E-state index is 0.641. The summed E-state index contributed by atoms with van der Waals surface area (Å²) in [4.78, 5) is 0. The fraction of sp³-hybridized carbons (Fsp3) is 0.625. The Kier molecular flexibility index (Phi) is 5.06. The Balaban J connectivity index is 2.07. The van der Waals surface area contributed by atoms with E-state index < -0.39 is 0 Å². The van der Waals surface area contributed by atoms with Crippen LogP contribution < -0.4 is 5.32 Å². The highest BCUT2D eigenvalue weighted by atomic mass is 16.5. The average Bonchev–Trinajstić information content (AvgIpc) is 2.42. The third-order valence-electron chi connectivity index (χ3n) is 4.09. The van der Waals surface area contributed by atoms with Gasteiger partial charge in [-0.3, -0.25) is 0 Å². The summed E-state index contributed by atoms with van der Waals surface area (Å²) in [5.74, 6) is 0.828. The van der Waals surface area contributed by atoms with Crippen LogP contribution in [0.5, 0.6) is 0 Å². The highest BCUT2D eigenvalue weighted by Gasteiger charge is 2.23. The lowest BCUT2D eigenvalue weighted by atomic mass is 9.82. The van der Waals surface area contributed by atoms with E-state index in [0.717, 1.165) is 5.92 Å². The molecule has 0 spiro atoms. The second kappa shape index (κ2) is 6.79. The van der Waals surface area contributed by atoms with Gasteiger partial charge < -0.3 is 10.1 Å². The standard InChI is InChI=1S/C16H25NO/c1-3-13-8-4-6-10-15(13)17-16-11-7-5-9-14(16)12-18-2/h5,7,9,11,13,15,17H,3-4,6,8,10,12H2,1-2H3. The van der Waals surface area contributed by atoms with Gasteiger partial charge >= 0.3 is 0 Å². The van der Waals surface area contributed by atoms with E-state index in [1.165, 1.54) is 43.4 Å². The van der Waals surface area contributed by atoms with Crippen molar-refractivity contribution in [1.82, 2.24) is 0 Å². The molecule has 1 saturated carbocycles. The molecule has 0 saturated heterocycles. The second-order valence-corrected chi connectivity index (χ2v) is 5.29. The van der Waals surface area contributed by atoms with Gasteiger partial charge in [-0.1, -0.05) is 44.4 Å². The largest absolute Gasteiger partial charge is 0.382 e. The van der Waals surface area contributed by atoms with Crippen LogP contribution in [0.2, 0.25) is 0 Å². The number of benzene rings is 1. The van der Waals surface area contributed by atoms with E-state index in [9.17, 15) is 0 Å². The van der Waals surface area contributed by atoms with E-state index in [1.807, 2.05) is 0 Å². The molecule has 2 heteroatoms. The lowest BCUT2D eigenvalue weighted by Gasteiger charge is -2.33. The molecule has 2 atom stereocenters. The lowest BCUT2D eigenvalue weighted by molar-refractivity contribution is 0.185. The van der Waals surface area contributed by atoms with Crippen LogP contribution in [0, 0.1) is 5.92 Å². The van der Waals surface area contributed by atoms with Gasteiger partial charge in [-0.05, 0) is 24.8 Å². The van der Waals surface area contributed by atoms with Crippen molar-refractivity contribution in [1.29, 1.82) is 0 Å². The summed E-state index contributed by atoms with van der Waals surface area (Å²) in [5, 5.41) is 3.76. The number of rotatable bonds is 5. The maximum absolute atomic E-state index is 5.27. The number of hydrogen-bond acceptors (Lipinski definition) is 2. The van der Waals surface area contributed by atoms with Crippen LogP contribution in [0.25, 0.3) is 0 Å². The van der Waals surface area contributed by atoms with Gasteiger partial charge in [0.25, 0.3) is 0 Å². The van der Waals surface area contributed by atoms with Gasteiger partial charge in [-0.2, -0.15) is 0 Å². The zero-order chi connectivity index (χ0) is 12.8. The molecule has 100 valence electrons. The van der Waals surface area contributed by atoms with Crippen LogP contribution in [0.4, 0.5) is 5.69 Å². The number of anilines is 1. The fourth-order valence-electron chi connectivity index (χ4n) is 3.03. The molecule has 2 rings (SSSR count). The molecule has 0 radical (unpaired) electrons. The molecule has 0 heterocycles. The average molecular weight is 247 g/mol. The van der Waals surface area contributed by atoms with E-state index in [4.69, 9.17) is 4.74 Å². The highest BCUT2D eigenvalue weighted by Crippen LogP contribution is 2.30. The Bertz CT molecular complexity index is 364. The summed E-state index contributed by atoms with van der Waals surface area (Å²) >= 11 is 0. The van der Waals surface area contributed by atoms with Crippen molar-refractivity contribution >= 4 is 5.69 Å². The van der Waals surface area contributed by atoms with E-state index in [2.05, 4.69) is 36.5 Å². The molecule has 2 nitrogen and oxygen atoms in total. The second-order valence-electron chi connectivity index (χ2n) is 5.29. The molecule has 1 aromatic carbocycles. The van der Waals surface area contributed by atoms with Crippen LogP contribution in [-0.2, 0) is 11.3 Å². The van der Waals surface area contributed by atoms with Gasteiger partial charge in [-0.15, -0.1) is 0 Å². The zero-order valence-corrected chi connectivity index (χ0v) is 11.6. The molecule has 2 unspecified atom stereocenters. The van der Waals surface area contributed by atoms with E-state index in [1.54, 1.807) is 7.11 Å². The molecule has 0 bridgehead atoms. The summed E-state index contributed by atoms with van der Waals surface area (Å²) in [5.41, 5.74) is 2.52. The number of para-hydroxylation sites is 1. The van der Waals surface area contributed by atoms with Crippen LogP contribution in [0.15, 0.2) is 24.3 Å². The molecule has 1 aliphatic rings. The van der Waals surface area contributed by atoms with Crippen LogP contribution in [0.3, 0.4) is 0 Å². The zero-order valence-electron chi connectivity index (χ0n) is 11.6. The first kappa shape index (κ1) is 13.4. The Morgan fingerprint density at radius 3 is 2.78 bits per heavy atom. The van der Waals surface area contributed by atoms with Crippen molar-refractivity contribution in [2.45, 2.75) is 51.7 Å². The Labute approximate surface area is 111 Å².